The molecule has 0 saturated heterocycles. The van der Waals surface area contributed by atoms with Crippen LogP contribution in [0.3, 0.4) is 0 Å². The molecule has 1 heteroatoms. The molecule has 0 aliphatic heterocycles. The van der Waals surface area contributed by atoms with E-state index in [1.807, 2.05) is 0 Å². The average molecular weight is 280 g/mol. The molecule has 0 spiro atoms. The molecule has 2 aliphatic rings. The Balaban J connectivity index is 1.69. The van der Waals surface area contributed by atoms with E-state index in [1.165, 1.54) is 70.6 Å². The van der Waals surface area contributed by atoms with Crippen LogP contribution < -0.4 is 5.32 Å². The Hall–Kier alpha value is -0.0400. The van der Waals surface area contributed by atoms with Crippen LogP contribution in [0.2, 0.25) is 0 Å². The largest absolute Gasteiger partial charge is 0.311 e. The van der Waals surface area contributed by atoms with Crippen molar-refractivity contribution < 1.29 is 0 Å². The molecule has 0 aromatic rings. The Labute approximate surface area is 127 Å². The first kappa shape index (κ1) is 16.3. The van der Waals surface area contributed by atoms with Crippen molar-refractivity contribution in [1.29, 1.82) is 0 Å². The van der Waals surface area contributed by atoms with Crippen molar-refractivity contribution >= 4 is 0 Å². The molecular weight excluding hydrogens is 242 g/mol. The summed E-state index contributed by atoms with van der Waals surface area (Å²) >= 11 is 0. The molecule has 2 aliphatic carbocycles. The fraction of sp³-hybridized carbons (Fsp3) is 1.00. The summed E-state index contributed by atoms with van der Waals surface area (Å²) in [6, 6.07) is 1.66. The Bertz CT molecular complexity index is 252. The molecule has 0 heterocycles. The van der Waals surface area contributed by atoms with Gasteiger partial charge in [0.05, 0.1) is 0 Å². The standard InChI is InChI=1S/C19H37N/c1-4-6-16-9-12-19(13-10-16)20-18-8-5-7-17(11-14-18)15(2)3/h15-20H,4-14H2,1-3H3. The Morgan fingerprint density at radius 2 is 1.50 bits per heavy atom. The van der Waals surface area contributed by atoms with Crippen molar-refractivity contribution in [1.82, 2.24) is 5.32 Å². The van der Waals surface area contributed by atoms with Gasteiger partial charge in [-0.3, -0.25) is 0 Å². The van der Waals surface area contributed by atoms with Gasteiger partial charge in [-0.05, 0) is 62.7 Å². The maximum absolute atomic E-state index is 4.02. The second-order valence-electron chi connectivity index (χ2n) is 7.88. The SMILES string of the molecule is CCCC1CCC(NC2CCCC(C(C)C)CC2)CC1. The molecule has 0 aromatic carbocycles. The van der Waals surface area contributed by atoms with Crippen LogP contribution in [0.25, 0.3) is 0 Å². The molecule has 2 rings (SSSR count). The van der Waals surface area contributed by atoms with Crippen LogP contribution in [0, 0.1) is 17.8 Å². The Morgan fingerprint density at radius 1 is 0.850 bits per heavy atom. The monoisotopic (exact) mass is 279 g/mol. The topological polar surface area (TPSA) is 12.0 Å². The third-order valence-corrected chi connectivity index (χ3v) is 5.97. The lowest BCUT2D eigenvalue weighted by Gasteiger charge is -2.32. The number of hydrogen-bond donors (Lipinski definition) is 1. The molecule has 2 atom stereocenters. The average Bonchev–Trinajstić information content (AvgIpc) is 2.67. The zero-order chi connectivity index (χ0) is 14.4. The van der Waals surface area contributed by atoms with E-state index < -0.39 is 0 Å². The molecule has 2 fully saturated rings. The summed E-state index contributed by atoms with van der Waals surface area (Å²) in [5.41, 5.74) is 0. The normalized spacial score (nSPS) is 36.0. The molecule has 1 nitrogen and oxygen atoms in total. The van der Waals surface area contributed by atoms with Crippen LogP contribution in [-0.4, -0.2) is 12.1 Å². The zero-order valence-electron chi connectivity index (χ0n) is 14.2. The molecule has 0 amide bonds. The van der Waals surface area contributed by atoms with Gasteiger partial charge in [-0.1, -0.05) is 46.5 Å². The van der Waals surface area contributed by atoms with Gasteiger partial charge in [-0.2, -0.15) is 0 Å². The van der Waals surface area contributed by atoms with Crippen molar-refractivity contribution in [3.05, 3.63) is 0 Å². The van der Waals surface area contributed by atoms with Gasteiger partial charge in [0.25, 0.3) is 0 Å². The highest BCUT2D eigenvalue weighted by Gasteiger charge is 2.25. The lowest BCUT2D eigenvalue weighted by Crippen LogP contribution is -2.40. The number of rotatable bonds is 5. The third-order valence-electron chi connectivity index (χ3n) is 5.97. The lowest BCUT2D eigenvalue weighted by atomic mass is 9.83. The molecule has 118 valence electrons. The molecular formula is C19H37N. The first-order valence-corrected chi connectivity index (χ1v) is 9.45. The molecule has 0 bridgehead atoms. The van der Waals surface area contributed by atoms with Crippen LogP contribution in [0.5, 0.6) is 0 Å². The summed E-state index contributed by atoms with van der Waals surface area (Å²) in [5, 5.41) is 4.02. The van der Waals surface area contributed by atoms with E-state index in [-0.39, 0.29) is 0 Å². The second-order valence-corrected chi connectivity index (χ2v) is 7.88. The van der Waals surface area contributed by atoms with E-state index in [0.29, 0.717) is 0 Å². The van der Waals surface area contributed by atoms with Crippen LogP contribution in [-0.2, 0) is 0 Å². The maximum Gasteiger partial charge on any atom is 0.00698 e. The maximum atomic E-state index is 4.02. The van der Waals surface area contributed by atoms with Crippen molar-refractivity contribution in [3.63, 3.8) is 0 Å². The van der Waals surface area contributed by atoms with E-state index in [2.05, 4.69) is 26.1 Å². The van der Waals surface area contributed by atoms with Crippen LogP contribution in [0.4, 0.5) is 0 Å². The van der Waals surface area contributed by atoms with Crippen molar-refractivity contribution in [2.24, 2.45) is 17.8 Å². The van der Waals surface area contributed by atoms with Crippen molar-refractivity contribution in [2.45, 2.75) is 103 Å². The van der Waals surface area contributed by atoms with E-state index in [0.717, 1.165) is 29.8 Å². The van der Waals surface area contributed by atoms with Gasteiger partial charge in [0.1, 0.15) is 0 Å². The molecule has 0 radical (unpaired) electrons. The van der Waals surface area contributed by atoms with Gasteiger partial charge in [-0.15, -0.1) is 0 Å². The predicted molar refractivity (Wildman–Crippen MR) is 89.0 cm³/mol. The second kappa shape index (κ2) is 8.41. The zero-order valence-corrected chi connectivity index (χ0v) is 14.2. The Morgan fingerprint density at radius 3 is 2.15 bits per heavy atom. The van der Waals surface area contributed by atoms with E-state index in [1.54, 1.807) is 0 Å². The molecule has 0 aromatic heterocycles. The predicted octanol–water partition coefficient (Wildman–Crippen LogP) is 5.54. The van der Waals surface area contributed by atoms with Gasteiger partial charge in [0.15, 0.2) is 0 Å². The quantitative estimate of drug-likeness (QED) is 0.651. The summed E-state index contributed by atoms with van der Waals surface area (Å²) in [6.45, 7) is 7.15. The highest BCUT2D eigenvalue weighted by molar-refractivity contribution is 4.83. The lowest BCUT2D eigenvalue weighted by molar-refractivity contribution is 0.254. The van der Waals surface area contributed by atoms with Gasteiger partial charge in [0, 0.05) is 12.1 Å². The van der Waals surface area contributed by atoms with Crippen LogP contribution >= 0.6 is 0 Å². The summed E-state index contributed by atoms with van der Waals surface area (Å²) < 4.78 is 0. The highest BCUT2D eigenvalue weighted by atomic mass is 14.9. The van der Waals surface area contributed by atoms with E-state index in [4.69, 9.17) is 0 Å². The van der Waals surface area contributed by atoms with Gasteiger partial charge in [0.2, 0.25) is 0 Å². The van der Waals surface area contributed by atoms with E-state index in [9.17, 15) is 0 Å². The number of hydrogen-bond acceptors (Lipinski definition) is 1. The summed E-state index contributed by atoms with van der Waals surface area (Å²) in [4.78, 5) is 0. The first-order valence-electron chi connectivity index (χ1n) is 9.45. The molecule has 2 unspecified atom stereocenters. The van der Waals surface area contributed by atoms with Gasteiger partial charge < -0.3 is 5.32 Å². The minimum atomic E-state index is 0.825. The van der Waals surface area contributed by atoms with Crippen molar-refractivity contribution in [2.75, 3.05) is 0 Å². The summed E-state index contributed by atoms with van der Waals surface area (Å²) in [5.74, 6) is 2.91. The van der Waals surface area contributed by atoms with Gasteiger partial charge >= 0.3 is 0 Å². The number of nitrogens with one attached hydrogen (secondary N) is 1. The third kappa shape index (κ3) is 5.06. The van der Waals surface area contributed by atoms with Crippen LogP contribution in [0.15, 0.2) is 0 Å². The molecule has 20 heavy (non-hydrogen) atoms. The fourth-order valence-corrected chi connectivity index (χ4v) is 4.52. The Kier molecular flexibility index (Phi) is 6.87. The smallest absolute Gasteiger partial charge is 0.00698 e. The molecule has 1 N–H and O–H groups in total. The van der Waals surface area contributed by atoms with Crippen molar-refractivity contribution in [3.8, 4) is 0 Å². The van der Waals surface area contributed by atoms with E-state index >= 15 is 0 Å². The van der Waals surface area contributed by atoms with Gasteiger partial charge in [-0.25, -0.2) is 0 Å². The molecule has 2 saturated carbocycles. The minimum Gasteiger partial charge on any atom is -0.311 e. The summed E-state index contributed by atoms with van der Waals surface area (Å²) in [7, 11) is 0. The first-order chi connectivity index (χ1) is 9.69. The van der Waals surface area contributed by atoms with Crippen LogP contribution in [0.1, 0.15) is 91.4 Å². The highest BCUT2D eigenvalue weighted by Crippen LogP contribution is 2.31. The summed E-state index contributed by atoms with van der Waals surface area (Å²) in [6.07, 6.45) is 15.9. The minimum absolute atomic E-state index is 0.825. The fourth-order valence-electron chi connectivity index (χ4n) is 4.52.